The van der Waals surface area contributed by atoms with E-state index in [1.54, 1.807) is 19.3 Å². The second-order valence-electron chi connectivity index (χ2n) is 3.76. The fourth-order valence-corrected chi connectivity index (χ4v) is 1.61. The number of rotatable bonds is 7. The molecule has 0 aliphatic heterocycles. The Labute approximate surface area is 108 Å². The van der Waals surface area contributed by atoms with Crippen molar-refractivity contribution in [1.82, 2.24) is 14.9 Å². The molecule has 100 valence electrons. The number of anilines is 2. The van der Waals surface area contributed by atoms with Crippen LogP contribution in [0.3, 0.4) is 0 Å². The van der Waals surface area contributed by atoms with Crippen molar-refractivity contribution in [3.63, 3.8) is 0 Å². The lowest BCUT2D eigenvalue weighted by Gasteiger charge is -2.18. The van der Waals surface area contributed by atoms with Gasteiger partial charge in [0.05, 0.1) is 0 Å². The van der Waals surface area contributed by atoms with Crippen LogP contribution in [0, 0.1) is 0 Å². The van der Waals surface area contributed by atoms with Gasteiger partial charge < -0.3 is 15.5 Å². The monoisotopic (exact) mass is 251 g/mol. The van der Waals surface area contributed by atoms with Crippen LogP contribution >= 0.6 is 0 Å². The molecule has 0 unspecified atom stereocenters. The van der Waals surface area contributed by atoms with Crippen LogP contribution in [0.4, 0.5) is 11.8 Å². The fraction of sp³-hybridized carbons (Fsp3) is 0.583. The van der Waals surface area contributed by atoms with E-state index in [1.165, 1.54) is 0 Å². The van der Waals surface area contributed by atoms with Gasteiger partial charge in [-0.25, -0.2) is 4.98 Å². The first-order valence-corrected chi connectivity index (χ1v) is 6.23. The lowest BCUT2D eigenvalue weighted by atomic mass is 10.3. The molecule has 1 heterocycles. The van der Waals surface area contributed by atoms with Crippen molar-refractivity contribution in [3.05, 3.63) is 12.3 Å². The van der Waals surface area contributed by atoms with Crippen LogP contribution < -0.4 is 10.6 Å². The first-order chi connectivity index (χ1) is 8.71. The largest absolute Gasteiger partial charge is 0.369 e. The van der Waals surface area contributed by atoms with Gasteiger partial charge in [-0.3, -0.25) is 4.79 Å². The van der Waals surface area contributed by atoms with Gasteiger partial charge in [0, 0.05) is 39.3 Å². The summed E-state index contributed by atoms with van der Waals surface area (Å²) in [6.07, 6.45) is 2.15. The number of hydrogen-bond donors (Lipinski definition) is 2. The topological polar surface area (TPSA) is 70.2 Å². The van der Waals surface area contributed by atoms with Crippen molar-refractivity contribution >= 4 is 17.7 Å². The minimum atomic E-state index is 0.162. The standard InChI is InChI=1S/C12H21N5O/c1-4-17(5-2)11(18)7-9-14-10-6-8-15-12(13-3)16-10/h6,8H,4-5,7,9H2,1-3H3,(H2,13,14,15,16). The fourth-order valence-electron chi connectivity index (χ4n) is 1.61. The van der Waals surface area contributed by atoms with E-state index in [2.05, 4.69) is 20.6 Å². The quantitative estimate of drug-likeness (QED) is 0.761. The Balaban J connectivity index is 2.39. The van der Waals surface area contributed by atoms with Gasteiger partial charge in [0.15, 0.2) is 0 Å². The Morgan fingerprint density at radius 3 is 2.72 bits per heavy atom. The molecule has 1 aromatic heterocycles. The maximum absolute atomic E-state index is 11.8. The Bertz CT molecular complexity index is 378. The first kappa shape index (κ1) is 14.2. The molecule has 0 saturated heterocycles. The maximum atomic E-state index is 11.8. The summed E-state index contributed by atoms with van der Waals surface area (Å²) in [7, 11) is 1.77. The Kier molecular flexibility index (Phi) is 5.90. The van der Waals surface area contributed by atoms with E-state index in [0.717, 1.165) is 18.9 Å². The predicted octanol–water partition coefficient (Wildman–Crippen LogP) is 1.19. The van der Waals surface area contributed by atoms with E-state index in [4.69, 9.17) is 0 Å². The number of carbonyl (C=O) groups excluding carboxylic acids is 1. The SMILES string of the molecule is CCN(CC)C(=O)CCNc1ccnc(NC)n1. The van der Waals surface area contributed by atoms with E-state index < -0.39 is 0 Å². The Hall–Kier alpha value is -1.85. The summed E-state index contributed by atoms with van der Waals surface area (Å²) in [5.74, 6) is 1.45. The van der Waals surface area contributed by atoms with Crippen molar-refractivity contribution in [3.8, 4) is 0 Å². The lowest BCUT2D eigenvalue weighted by molar-refractivity contribution is -0.130. The van der Waals surface area contributed by atoms with E-state index in [0.29, 0.717) is 18.9 Å². The van der Waals surface area contributed by atoms with E-state index >= 15 is 0 Å². The molecule has 0 radical (unpaired) electrons. The van der Waals surface area contributed by atoms with Crippen LogP contribution in [0.5, 0.6) is 0 Å². The minimum absolute atomic E-state index is 0.162. The van der Waals surface area contributed by atoms with Crippen molar-refractivity contribution in [2.75, 3.05) is 37.3 Å². The molecule has 1 aromatic rings. The minimum Gasteiger partial charge on any atom is -0.369 e. The molecular formula is C12H21N5O. The molecule has 0 bridgehead atoms. The molecule has 1 rings (SSSR count). The molecule has 2 N–H and O–H groups in total. The van der Waals surface area contributed by atoms with Gasteiger partial charge >= 0.3 is 0 Å². The average Bonchev–Trinajstić information content (AvgIpc) is 2.40. The van der Waals surface area contributed by atoms with Crippen molar-refractivity contribution in [2.24, 2.45) is 0 Å². The summed E-state index contributed by atoms with van der Waals surface area (Å²) in [4.78, 5) is 21.8. The zero-order chi connectivity index (χ0) is 13.4. The summed E-state index contributed by atoms with van der Waals surface area (Å²) in [5.41, 5.74) is 0. The maximum Gasteiger partial charge on any atom is 0.224 e. The van der Waals surface area contributed by atoms with Crippen molar-refractivity contribution < 1.29 is 4.79 Å². The zero-order valence-corrected chi connectivity index (χ0v) is 11.2. The number of nitrogens with zero attached hydrogens (tertiary/aromatic N) is 3. The first-order valence-electron chi connectivity index (χ1n) is 6.23. The van der Waals surface area contributed by atoms with Gasteiger partial charge in [-0.1, -0.05) is 0 Å². The highest BCUT2D eigenvalue weighted by Gasteiger charge is 2.08. The average molecular weight is 251 g/mol. The Morgan fingerprint density at radius 1 is 1.39 bits per heavy atom. The zero-order valence-electron chi connectivity index (χ0n) is 11.2. The van der Waals surface area contributed by atoms with Crippen LogP contribution in [0.15, 0.2) is 12.3 Å². The molecule has 0 fully saturated rings. The highest BCUT2D eigenvalue weighted by molar-refractivity contribution is 5.76. The molecule has 6 heteroatoms. The number of amides is 1. The summed E-state index contributed by atoms with van der Waals surface area (Å²) < 4.78 is 0. The molecule has 0 atom stereocenters. The van der Waals surface area contributed by atoms with E-state index in [1.807, 2.05) is 18.7 Å². The number of hydrogen-bond acceptors (Lipinski definition) is 5. The predicted molar refractivity (Wildman–Crippen MR) is 72.6 cm³/mol. The number of carbonyl (C=O) groups is 1. The van der Waals surface area contributed by atoms with Gasteiger partial charge in [-0.2, -0.15) is 4.98 Å². The molecule has 18 heavy (non-hydrogen) atoms. The van der Waals surface area contributed by atoms with Crippen LogP contribution in [-0.2, 0) is 4.79 Å². The van der Waals surface area contributed by atoms with E-state index in [-0.39, 0.29) is 5.91 Å². The van der Waals surface area contributed by atoms with Crippen molar-refractivity contribution in [1.29, 1.82) is 0 Å². The summed E-state index contributed by atoms with van der Waals surface area (Å²) in [6, 6.07) is 1.78. The highest BCUT2D eigenvalue weighted by atomic mass is 16.2. The van der Waals surface area contributed by atoms with Crippen LogP contribution in [0.1, 0.15) is 20.3 Å². The molecule has 1 amide bonds. The third-order valence-corrected chi connectivity index (χ3v) is 2.64. The summed E-state index contributed by atoms with van der Waals surface area (Å²) in [5, 5.41) is 5.98. The molecular weight excluding hydrogens is 230 g/mol. The molecule has 6 nitrogen and oxygen atoms in total. The van der Waals surface area contributed by atoms with Gasteiger partial charge in [0.2, 0.25) is 11.9 Å². The molecule has 0 aliphatic rings. The molecule has 0 spiro atoms. The molecule has 0 saturated carbocycles. The van der Waals surface area contributed by atoms with Gasteiger partial charge in [0.25, 0.3) is 0 Å². The molecule has 0 aliphatic carbocycles. The second kappa shape index (κ2) is 7.47. The summed E-state index contributed by atoms with van der Waals surface area (Å²) >= 11 is 0. The smallest absolute Gasteiger partial charge is 0.224 e. The normalized spacial score (nSPS) is 9.94. The van der Waals surface area contributed by atoms with Gasteiger partial charge in [-0.15, -0.1) is 0 Å². The highest BCUT2D eigenvalue weighted by Crippen LogP contribution is 2.05. The van der Waals surface area contributed by atoms with Crippen LogP contribution in [0.25, 0.3) is 0 Å². The number of aromatic nitrogens is 2. The van der Waals surface area contributed by atoms with Crippen LogP contribution in [-0.4, -0.2) is 47.5 Å². The van der Waals surface area contributed by atoms with Gasteiger partial charge in [0.1, 0.15) is 5.82 Å². The second-order valence-corrected chi connectivity index (χ2v) is 3.76. The lowest BCUT2D eigenvalue weighted by Crippen LogP contribution is -2.31. The van der Waals surface area contributed by atoms with E-state index in [9.17, 15) is 4.79 Å². The van der Waals surface area contributed by atoms with Crippen LogP contribution in [0.2, 0.25) is 0 Å². The molecule has 0 aromatic carbocycles. The van der Waals surface area contributed by atoms with Gasteiger partial charge in [-0.05, 0) is 19.9 Å². The summed E-state index contributed by atoms with van der Waals surface area (Å²) in [6.45, 7) is 6.06. The number of nitrogens with one attached hydrogen (secondary N) is 2. The third kappa shape index (κ3) is 4.20. The van der Waals surface area contributed by atoms with Crippen molar-refractivity contribution in [2.45, 2.75) is 20.3 Å². The Morgan fingerprint density at radius 2 is 2.11 bits per heavy atom. The third-order valence-electron chi connectivity index (χ3n) is 2.64.